The number of fused-ring (bicyclic) bond motifs is 1. The number of imidazole rings is 1. The van der Waals surface area contributed by atoms with Gasteiger partial charge in [0.1, 0.15) is 17.1 Å². The van der Waals surface area contributed by atoms with Crippen molar-refractivity contribution in [3.05, 3.63) is 30.2 Å². The quantitative estimate of drug-likeness (QED) is 0.886. The lowest BCUT2D eigenvalue weighted by molar-refractivity contribution is -0.0222. The van der Waals surface area contributed by atoms with Crippen molar-refractivity contribution in [2.24, 2.45) is 0 Å². The van der Waals surface area contributed by atoms with Gasteiger partial charge in [-0.25, -0.2) is 4.98 Å². The number of rotatable bonds is 5. The van der Waals surface area contributed by atoms with Crippen molar-refractivity contribution in [1.29, 1.82) is 0 Å². The van der Waals surface area contributed by atoms with Crippen LogP contribution in [0.4, 0.5) is 0 Å². The van der Waals surface area contributed by atoms with E-state index in [2.05, 4.69) is 15.2 Å². The lowest BCUT2D eigenvalue weighted by atomic mass is 9.95. The third-order valence-corrected chi connectivity index (χ3v) is 5.30. The molecule has 2 aromatic rings. The topological polar surface area (TPSA) is 68.1 Å². The highest BCUT2D eigenvalue weighted by Crippen LogP contribution is 2.25. The average molecular weight is 344 g/mol. The van der Waals surface area contributed by atoms with Gasteiger partial charge in [0, 0.05) is 50.7 Å². The molecule has 0 radical (unpaired) electrons. The molecule has 1 atom stereocenters. The molecule has 2 aromatic heterocycles. The molecule has 0 saturated carbocycles. The Morgan fingerprint density at radius 3 is 2.96 bits per heavy atom. The largest absolute Gasteiger partial charge is 0.497 e. The molecule has 2 aliphatic heterocycles. The molecule has 0 aromatic carbocycles. The molecule has 4 heterocycles. The number of nitrogens with zero attached hydrogens (tertiary/aromatic N) is 3. The normalized spacial score (nSPS) is 21.9. The Morgan fingerprint density at radius 2 is 2.24 bits per heavy atom. The van der Waals surface area contributed by atoms with Crippen LogP contribution in [0.5, 0.6) is 5.75 Å². The number of carbonyl (C=O) groups excluding carboxylic acids is 1. The summed E-state index contributed by atoms with van der Waals surface area (Å²) in [6.07, 6.45) is 6.76. The van der Waals surface area contributed by atoms with Gasteiger partial charge in [-0.15, -0.1) is 0 Å². The molecule has 4 rings (SSSR count). The lowest BCUT2D eigenvalue weighted by Crippen LogP contribution is -2.58. The van der Waals surface area contributed by atoms with Crippen LogP contribution in [0, 0.1) is 0 Å². The minimum absolute atomic E-state index is 0.0866. The maximum Gasteiger partial charge on any atom is 0.269 e. The van der Waals surface area contributed by atoms with Crippen molar-refractivity contribution >= 4 is 11.6 Å². The average Bonchev–Trinajstić information content (AvgIpc) is 3.04. The van der Waals surface area contributed by atoms with Gasteiger partial charge in [-0.1, -0.05) is 0 Å². The number of likely N-dealkylation sites (tertiary alicyclic amines) is 1. The number of methoxy groups -OCH3 is 1. The van der Waals surface area contributed by atoms with E-state index in [0.29, 0.717) is 30.0 Å². The van der Waals surface area contributed by atoms with Crippen LogP contribution in [0.2, 0.25) is 0 Å². The number of carbonyl (C=O) groups is 1. The minimum Gasteiger partial charge on any atom is -0.497 e. The molecule has 7 nitrogen and oxygen atoms in total. The summed E-state index contributed by atoms with van der Waals surface area (Å²) >= 11 is 0. The summed E-state index contributed by atoms with van der Waals surface area (Å²) in [7, 11) is 1.62. The van der Waals surface area contributed by atoms with E-state index in [9.17, 15) is 4.79 Å². The molecule has 1 N–H and O–H groups in total. The minimum atomic E-state index is -0.0866. The van der Waals surface area contributed by atoms with Crippen LogP contribution in [0.3, 0.4) is 0 Å². The Morgan fingerprint density at radius 1 is 1.40 bits per heavy atom. The highest BCUT2D eigenvalue weighted by Gasteiger charge is 2.34. The maximum atomic E-state index is 12.6. The van der Waals surface area contributed by atoms with E-state index < -0.39 is 0 Å². The van der Waals surface area contributed by atoms with E-state index in [-0.39, 0.29) is 5.91 Å². The first-order valence-electron chi connectivity index (χ1n) is 8.89. The van der Waals surface area contributed by atoms with Gasteiger partial charge >= 0.3 is 0 Å². The van der Waals surface area contributed by atoms with Gasteiger partial charge in [0.15, 0.2) is 0 Å². The Kier molecular flexibility index (Phi) is 4.59. The second kappa shape index (κ2) is 7.01. The Labute approximate surface area is 146 Å². The molecule has 25 heavy (non-hydrogen) atoms. The van der Waals surface area contributed by atoms with E-state index in [4.69, 9.17) is 9.47 Å². The molecule has 134 valence electrons. The third kappa shape index (κ3) is 3.21. The third-order valence-electron chi connectivity index (χ3n) is 5.30. The van der Waals surface area contributed by atoms with Gasteiger partial charge in [0.25, 0.3) is 5.91 Å². The Hall–Kier alpha value is -2.12. The number of aromatic nitrogens is 2. The molecule has 2 aliphatic rings. The maximum absolute atomic E-state index is 12.6. The highest BCUT2D eigenvalue weighted by atomic mass is 16.5. The number of amides is 1. The second-order valence-corrected chi connectivity index (χ2v) is 6.67. The zero-order valence-corrected chi connectivity index (χ0v) is 14.5. The van der Waals surface area contributed by atoms with Crippen molar-refractivity contribution in [2.45, 2.75) is 31.3 Å². The van der Waals surface area contributed by atoms with E-state index in [1.54, 1.807) is 17.7 Å². The number of ether oxygens (including phenoxy) is 2. The summed E-state index contributed by atoms with van der Waals surface area (Å²) in [5, 5.41) is 3.07. The molecule has 1 unspecified atom stereocenters. The Bertz CT molecular complexity index is 754. The fourth-order valence-corrected chi connectivity index (χ4v) is 3.74. The molecule has 7 heteroatoms. The van der Waals surface area contributed by atoms with Crippen LogP contribution in [-0.2, 0) is 4.74 Å². The molecule has 0 bridgehead atoms. The van der Waals surface area contributed by atoms with Gasteiger partial charge in [0.05, 0.1) is 13.3 Å². The number of nitrogens with one attached hydrogen (secondary N) is 1. The van der Waals surface area contributed by atoms with E-state index in [1.165, 1.54) is 0 Å². The first-order chi connectivity index (χ1) is 12.3. The molecular formula is C18H24N4O3. The molecule has 0 aliphatic carbocycles. The first-order valence-corrected chi connectivity index (χ1v) is 8.89. The van der Waals surface area contributed by atoms with Crippen LogP contribution in [-0.4, -0.2) is 65.7 Å². The fraction of sp³-hybridized carbons (Fsp3) is 0.556. The van der Waals surface area contributed by atoms with Crippen molar-refractivity contribution in [3.63, 3.8) is 0 Å². The van der Waals surface area contributed by atoms with Crippen LogP contribution in [0.15, 0.2) is 24.5 Å². The first kappa shape index (κ1) is 16.4. The summed E-state index contributed by atoms with van der Waals surface area (Å²) in [4.78, 5) is 19.4. The van der Waals surface area contributed by atoms with Crippen LogP contribution < -0.4 is 10.1 Å². The van der Waals surface area contributed by atoms with Crippen molar-refractivity contribution in [1.82, 2.24) is 19.6 Å². The van der Waals surface area contributed by atoms with Gasteiger partial charge < -0.3 is 14.8 Å². The van der Waals surface area contributed by atoms with Crippen molar-refractivity contribution in [3.8, 4) is 5.75 Å². The van der Waals surface area contributed by atoms with Crippen LogP contribution in [0.1, 0.15) is 29.8 Å². The highest BCUT2D eigenvalue weighted by molar-refractivity contribution is 5.93. The zero-order chi connectivity index (χ0) is 17.2. The standard InChI is InChI=1S/C18H24N4O3/c1-24-15-3-7-22-16(12-19-17(22)10-15)18(23)20-11-14-2-6-21(14)13-4-8-25-9-5-13/h3,7,10,12-14H,2,4-6,8-9,11H2,1H3,(H,20,23). The van der Waals surface area contributed by atoms with Crippen molar-refractivity contribution in [2.75, 3.05) is 33.4 Å². The van der Waals surface area contributed by atoms with Gasteiger partial charge in [0.2, 0.25) is 0 Å². The fourth-order valence-electron chi connectivity index (χ4n) is 3.74. The lowest BCUT2D eigenvalue weighted by Gasteiger charge is -2.47. The van der Waals surface area contributed by atoms with Gasteiger partial charge in [-0.2, -0.15) is 0 Å². The summed E-state index contributed by atoms with van der Waals surface area (Å²) in [5.74, 6) is 0.642. The molecule has 2 saturated heterocycles. The second-order valence-electron chi connectivity index (χ2n) is 6.67. The molecule has 2 fully saturated rings. The summed E-state index contributed by atoms with van der Waals surface area (Å²) in [5.41, 5.74) is 1.26. The Balaban J connectivity index is 1.37. The molecule has 0 spiro atoms. The van der Waals surface area contributed by atoms with Gasteiger partial charge in [-0.3, -0.25) is 14.1 Å². The molecule has 1 amide bonds. The monoisotopic (exact) mass is 344 g/mol. The summed E-state index contributed by atoms with van der Waals surface area (Å²) in [6, 6.07) is 4.68. The predicted octanol–water partition coefficient (Wildman–Crippen LogP) is 1.33. The van der Waals surface area contributed by atoms with Crippen molar-refractivity contribution < 1.29 is 14.3 Å². The van der Waals surface area contributed by atoms with Gasteiger partial charge in [-0.05, 0) is 25.3 Å². The number of hydrogen-bond donors (Lipinski definition) is 1. The number of hydrogen-bond acceptors (Lipinski definition) is 5. The van der Waals surface area contributed by atoms with Crippen LogP contribution >= 0.6 is 0 Å². The summed E-state index contributed by atoms with van der Waals surface area (Å²) in [6.45, 7) is 3.51. The SMILES string of the molecule is COc1ccn2c(C(=O)NCC3CCN3C3CCOCC3)cnc2c1. The number of pyridine rings is 1. The van der Waals surface area contributed by atoms with E-state index in [1.807, 2.05) is 18.3 Å². The van der Waals surface area contributed by atoms with E-state index in [0.717, 1.165) is 44.8 Å². The zero-order valence-electron chi connectivity index (χ0n) is 14.5. The van der Waals surface area contributed by atoms with E-state index >= 15 is 0 Å². The summed E-state index contributed by atoms with van der Waals surface area (Å²) < 4.78 is 12.4. The molecular weight excluding hydrogens is 320 g/mol. The van der Waals surface area contributed by atoms with Crippen LogP contribution in [0.25, 0.3) is 5.65 Å². The smallest absolute Gasteiger partial charge is 0.269 e. The predicted molar refractivity (Wildman–Crippen MR) is 93.0 cm³/mol.